The van der Waals surface area contributed by atoms with Crippen LogP contribution in [-0.2, 0) is 9.59 Å². The number of hydrogen-bond acceptors (Lipinski definition) is 3. The molecule has 0 saturated heterocycles. The van der Waals surface area contributed by atoms with Crippen molar-refractivity contribution in [3.63, 3.8) is 0 Å². The number of nitrogens with two attached hydrogens (primary N) is 1. The van der Waals surface area contributed by atoms with Gasteiger partial charge in [0.2, 0.25) is 0 Å². The van der Waals surface area contributed by atoms with Gasteiger partial charge in [0, 0.05) is 5.41 Å². The van der Waals surface area contributed by atoms with E-state index in [2.05, 4.69) is 0 Å². The molecule has 60 valence electrons. The summed E-state index contributed by atoms with van der Waals surface area (Å²) in [4.78, 5) is 22.2. The van der Waals surface area contributed by atoms with Gasteiger partial charge in [-0.25, -0.2) is 0 Å². The number of rotatable bonds is 0. The summed E-state index contributed by atoms with van der Waals surface area (Å²) < 4.78 is 0. The number of ketones is 2. The SMILES string of the molecule is NC1CC2(CC2)C(=O)CC1=O. The lowest BCUT2D eigenvalue weighted by Gasteiger charge is -2.23. The van der Waals surface area contributed by atoms with Gasteiger partial charge in [0.05, 0.1) is 12.5 Å². The lowest BCUT2D eigenvalue weighted by Crippen LogP contribution is -2.42. The van der Waals surface area contributed by atoms with Crippen molar-refractivity contribution < 1.29 is 9.59 Å². The van der Waals surface area contributed by atoms with Gasteiger partial charge in [-0.3, -0.25) is 9.59 Å². The molecule has 0 bridgehead atoms. The van der Waals surface area contributed by atoms with Crippen molar-refractivity contribution in [2.75, 3.05) is 0 Å². The van der Waals surface area contributed by atoms with Crippen molar-refractivity contribution in [2.45, 2.75) is 31.7 Å². The fourth-order valence-corrected chi connectivity index (χ4v) is 1.76. The molecule has 2 rings (SSSR count). The van der Waals surface area contributed by atoms with Crippen molar-refractivity contribution in [1.82, 2.24) is 0 Å². The maximum Gasteiger partial charge on any atom is 0.156 e. The summed E-state index contributed by atoms with van der Waals surface area (Å²) in [6, 6.07) is -0.366. The maximum atomic E-state index is 11.3. The fourth-order valence-electron chi connectivity index (χ4n) is 1.76. The van der Waals surface area contributed by atoms with Gasteiger partial charge < -0.3 is 5.73 Å². The van der Waals surface area contributed by atoms with E-state index in [1.165, 1.54) is 0 Å². The quantitative estimate of drug-likeness (QED) is 0.499. The number of Topliss-reactive ketones (excluding diaryl/α,β-unsaturated/α-hetero) is 2. The second-order valence-corrected chi connectivity index (χ2v) is 3.66. The Bertz CT molecular complexity index is 230. The lowest BCUT2D eigenvalue weighted by molar-refractivity contribution is -0.134. The molecule has 2 aliphatic carbocycles. The molecule has 0 radical (unpaired) electrons. The Kier molecular flexibility index (Phi) is 1.21. The Labute approximate surface area is 64.9 Å². The molecule has 2 saturated carbocycles. The Morgan fingerprint density at radius 2 is 2.00 bits per heavy atom. The summed E-state index contributed by atoms with van der Waals surface area (Å²) in [5.41, 5.74) is 5.41. The summed E-state index contributed by atoms with van der Waals surface area (Å²) in [5, 5.41) is 0. The normalized spacial score (nSPS) is 34.5. The van der Waals surface area contributed by atoms with Crippen LogP contribution in [0.4, 0.5) is 0 Å². The Morgan fingerprint density at radius 1 is 1.36 bits per heavy atom. The van der Waals surface area contributed by atoms with E-state index in [0.29, 0.717) is 6.42 Å². The van der Waals surface area contributed by atoms with Crippen LogP contribution in [0.3, 0.4) is 0 Å². The van der Waals surface area contributed by atoms with E-state index in [1.54, 1.807) is 0 Å². The highest BCUT2D eigenvalue weighted by Crippen LogP contribution is 2.52. The standard InChI is InChI=1S/C8H11NO2/c9-5-4-8(1-2-8)7(11)3-6(5)10/h5H,1-4,9H2. The monoisotopic (exact) mass is 153 g/mol. The van der Waals surface area contributed by atoms with E-state index in [0.717, 1.165) is 12.8 Å². The van der Waals surface area contributed by atoms with Crippen molar-refractivity contribution in [3.8, 4) is 0 Å². The van der Waals surface area contributed by atoms with Gasteiger partial charge in [0.1, 0.15) is 5.78 Å². The second kappa shape index (κ2) is 1.91. The minimum absolute atomic E-state index is 0.0764. The Hall–Kier alpha value is -0.700. The van der Waals surface area contributed by atoms with Crippen LogP contribution in [0.2, 0.25) is 0 Å². The molecule has 2 fully saturated rings. The molecule has 1 unspecified atom stereocenters. The van der Waals surface area contributed by atoms with Crippen LogP contribution in [0.25, 0.3) is 0 Å². The van der Waals surface area contributed by atoms with Crippen molar-refractivity contribution in [3.05, 3.63) is 0 Å². The van der Waals surface area contributed by atoms with Crippen molar-refractivity contribution in [1.29, 1.82) is 0 Å². The Morgan fingerprint density at radius 3 is 2.55 bits per heavy atom. The second-order valence-electron chi connectivity index (χ2n) is 3.66. The van der Waals surface area contributed by atoms with Gasteiger partial charge >= 0.3 is 0 Å². The first kappa shape index (κ1) is 6.98. The molecule has 11 heavy (non-hydrogen) atoms. The van der Waals surface area contributed by atoms with E-state index < -0.39 is 0 Å². The van der Waals surface area contributed by atoms with E-state index in [-0.39, 0.29) is 29.4 Å². The van der Waals surface area contributed by atoms with Crippen LogP contribution >= 0.6 is 0 Å². The van der Waals surface area contributed by atoms with E-state index in [1.807, 2.05) is 0 Å². The van der Waals surface area contributed by atoms with Gasteiger partial charge in [0.15, 0.2) is 5.78 Å². The first-order valence-electron chi connectivity index (χ1n) is 3.96. The average molecular weight is 153 g/mol. The van der Waals surface area contributed by atoms with E-state index in [4.69, 9.17) is 5.73 Å². The molecule has 0 aliphatic heterocycles. The summed E-state index contributed by atoms with van der Waals surface area (Å²) in [5.74, 6) is 0.0525. The molecule has 1 atom stereocenters. The van der Waals surface area contributed by atoms with Crippen LogP contribution in [0, 0.1) is 5.41 Å². The molecule has 3 heteroatoms. The number of hydrogen-bond donors (Lipinski definition) is 1. The molecule has 2 aliphatic rings. The Balaban J connectivity index is 2.18. The van der Waals surface area contributed by atoms with Gasteiger partial charge in [-0.05, 0) is 19.3 Å². The zero-order chi connectivity index (χ0) is 8.06. The molecule has 3 nitrogen and oxygen atoms in total. The highest BCUT2D eigenvalue weighted by molar-refractivity contribution is 6.07. The molecular formula is C8H11NO2. The third kappa shape index (κ3) is 0.913. The van der Waals surface area contributed by atoms with Crippen LogP contribution in [-0.4, -0.2) is 17.6 Å². The molecule has 0 amide bonds. The molecule has 0 aromatic heterocycles. The highest BCUT2D eigenvalue weighted by atomic mass is 16.2. The molecule has 0 aromatic rings. The minimum atomic E-state index is -0.366. The fraction of sp³-hybridized carbons (Fsp3) is 0.750. The molecule has 0 aromatic carbocycles. The predicted octanol–water partition coefficient (Wildman–Crippen LogP) is 0.0259. The van der Waals surface area contributed by atoms with E-state index >= 15 is 0 Å². The predicted molar refractivity (Wildman–Crippen MR) is 38.9 cm³/mol. The third-order valence-electron chi connectivity index (χ3n) is 2.80. The number of carbonyl (C=O) groups is 2. The maximum absolute atomic E-state index is 11.3. The minimum Gasteiger partial charge on any atom is -0.321 e. The van der Waals surface area contributed by atoms with Crippen LogP contribution in [0.1, 0.15) is 25.7 Å². The summed E-state index contributed by atoms with van der Waals surface area (Å²) in [6.07, 6.45) is 2.59. The van der Waals surface area contributed by atoms with Gasteiger partial charge in [-0.1, -0.05) is 0 Å². The zero-order valence-electron chi connectivity index (χ0n) is 6.30. The van der Waals surface area contributed by atoms with Crippen molar-refractivity contribution in [2.24, 2.45) is 11.1 Å². The van der Waals surface area contributed by atoms with Gasteiger partial charge in [-0.15, -0.1) is 0 Å². The molecule has 0 heterocycles. The zero-order valence-corrected chi connectivity index (χ0v) is 6.30. The third-order valence-corrected chi connectivity index (χ3v) is 2.80. The van der Waals surface area contributed by atoms with E-state index in [9.17, 15) is 9.59 Å². The molecule has 2 N–H and O–H groups in total. The topological polar surface area (TPSA) is 60.2 Å². The molecule has 1 spiro atoms. The van der Waals surface area contributed by atoms with Gasteiger partial charge in [-0.2, -0.15) is 0 Å². The summed E-state index contributed by atoms with van der Waals surface area (Å²) in [6.45, 7) is 0. The largest absolute Gasteiger partial charge is 0.321 e. The van der Waals surface area contributed by atoms with Crippen LogP contribution in [0.15, 0.2) is 0 Å². The highest BCUT2D eigenvalue weighted by Gasteiger charge is 2.53. The van der Waals surface area contributed by atoms with Crippen LogP contribution in [0.5, 0.6) is 0 Å². The number of carbonyl (C=O) groups excluding carboxylic acids is 2. The van der Waals surface area contributed by atoms with Gasteiger partial charge in [0.25, 0.3) is 0 Å². The first-order valence-corrected chi connectivity index (χ1v) is 3.96. The first-order chi connectivity index (χ1) is 5.14. The summed E-state index contributed by atoms with van der Waals surface area (Å²) >= 11 is 0. The van der Waals surface area contributed by atoms with Crippen LogP contribution < -0.4 is 5.73 Å². The summed E-state index contributed by atoms with van der Waals surface area (Å²) in [7, 11) is 0. The average Bonchev–Trinajstić information content (AvgIpc) is 2.66. The lowest BCUT2D eigenvalue weighted by atomic mass is 9.81. The smallest absolute Gasteiger partial charge is 0.156 e. The van der Waals surface area contributed by atoms with Crippen molar-refractivity contribution >= 4 is 11.6 Å². The molecular weight excluding hydrogens is 142 g/mol.